The quantitative estimate of drug-likeness (QED) is 0.567. The maximum Gasteiger partial charge on any atom is 0.413 e. The molecule has 146 valence electrons. The first kappa shape index (κ1) is 19.8. The molecule has 0 aliphatic heterocycles. The van der Waals surface area contributed by atoms with Gasteiger partial charge in [0.2, 0.25) is 5.91 Å². The fourth-order valence-electron chi connectivity index (χ4n) is 2.34. The summed E-state index contributed by atoms with van der Waals surface area (Å²) in [5.74, 6) is 0.0338. The first-order valence-electron chi connectivity index (χ1n) is 9.01. The van der Waals surface area contributed by atoms with E-state index in [1.165, 1.54) is 0 Å². The highest BCUT2D eigenvalue weighted by Gasteiger charge is 2.17. The van der Waals surface area contributed by atoms with Crippen molar-refractivity contribution in [2.24, 2.45) is 10.2 Å². The lowest BCUT2D eigenvalue weighted by Gasteiger charge is -2.14. The molecule has 0 bridgehead atoms. The number of para-hydroxylation sites is 1. The van der Waals surface area contributed by atoms with Crippen LogP contribution in [0.25, 0.3) is 0 Å². The molecule has 3 aromatic rings. The summed E-state index contributed by atoms with van der Waals surface area (Å²) in [6.45, 7) is 1.57. The third-order valence-corrected chi connectivity index (χ3v) is 3.85. The van der Waals surface area contributed by atoms with Gasteiger partial charge in [0, 0.05) is 5.69 Å². The van der Waals surface area contributed by atoms with Crippen LogP contribution in [0.15, 0.2) is 95.2 Å². The van der Waals surface area contributed by atoms with Gasteiger partial charge in [-0.2, -0.15) is 10.2 Å². The Morgan fingerprint density at radius 3 is 1.97 bits per heavy atom. The van der Waals surface area contributed by atoms with Crippen LogP contribution in [-0.2, 0) is 4.79 Å². The monoisotopic (exact) mass is 388 g/mol. The molecule has 2 N–H and O–H groups in total. The van der Waals surface area contributed by atoms with E-state index in [1.807, 2.05) is 36.4 Å². The summed E-state index contributed by atoms with van der Waals surface area (Å²) in [4.78, 5) is 24.1. The highest BCUT2D eigenvalue weighted by Crippen LogP contribution is 2.20. The number of carbonyl (C=O) groups excluding carboxylic acids is 2. The van der Waals surface area contributed by atoms with Crippen molar-refractivity contribution in [2.75, 3.05) is 5.32 Å². The number of hydrogen-bond donors (Lipinski definition) is 2. The van der Waals surface area contributed by atoms with Crippen LogP contribution in [0.4, 0.5) is 21.9 Å². The number of benzene rings is 3. The number of nitrogens with zero attached hydrogens (tertiary/aromatic N) is 2. The number of rotatable bonds is 6. The second-order valence-corrected chi connectivity index (χ2v) is 6.14. The van der Waals surface area contributed by atoms with Crippen molar-refractivity contribution >= 4 is 29.1 Å². The standard InChI is InChI=1S/C22H20N4O3/c1-16(23-22(28)29-20-10-6-3-7-11-20)21(27)24-17-12-14-19(15-13-17)26-25-18-8-4-2-5-9-18/h2-16H,1H3,(H,23,28)(H,24,27)/t16-/m0/s1. The molecule has 0 saturated carbocycles. The van der Waals surface area contributed by atoms with Crippen molar-refractivity contribution < 1.29 is 14.3 Å². The average molecular weight is 388 g/mol. The van der Waals surface area contributed by atoms with Gasteiger partial charge in [0.25, 0.3) is 0 Å². The molecule has 3 aromatic carbocycles. The number of hydrogen-bond acceptors (Lipinski definition) is 5. The zero-order chi connectivity index (χ0) is 20.5. The van der Waals surface area contributed by atoms with Crippen LogP contribution >= 0.6 is 0 Å². The minimum absolute atomic E-state index is 0.367. The van der Waals surface area contributed by atoms with Crippen LogP contribution in [-0.4, -0.2) is 18.0 Å². The maximum atomic E-state index is 12.3. The predicted molar refractivity (Wildman–Crippen MR) is 111 cm³/mol. The van der Waals surface area contributed by atoms with Crippen LogP contribution in [0.2, 0.25) is 0 Å². The summed E-state index contributed by atoms with van der Waals surface area (Å²) >= 11 is 0. The summed E-state index contributed by atoms with van der Waals surface area (Å²) < 4.78 is 5.11. The molecule has 3 rings (SSSR count). The van der Waals surface area contributed by atoms with Crippen molar-refractivity contribution in [2.45, 2.75) is 13.0 Å². The zero-order valence-corrected chi connectivity index (χ0v) is 15.8. The molecule has 0 aromatic heterocycles. The molecule has 7 heteroatoms. The smallest absolute Gasteiger partial charge is 0.410 e. The molecule has 0 unspecified atom stereocenters. The van der Waals surface area contributed by atoms with Crippen LogP contribution in [0, 0.1) is 0 Å². The molecule has 0 spiro atoms. The second kappa shape index (κ2) is 9.80. The largest absolute Gasteiger partial charge is 0.413 e. The average Bonchev–Trinajstić information content (AvgIpc) is 2.74. The van der Waals surface area contributed by atoms with Crippen molar-refractivity contribution in [3.8, 4) is 5.75 Å². The highest BCUT2D eigenvalue weighted by molar-refractivity contribution is 5.96. The molecule has 0 aliphatic carbocycles. The second-order valence-electron chi connectivity index (χ2n) is 6.14. The third-order valence-electron chi connectivity index (χ3n) is 3.85. The Hall–Kier alpha value is -4.00. The first-order valence-corrected chi connectivity index (χ1v) is 9.01. The van der Waals surface area contributed by atoms with E-state index in [9.17, 15) is 9.59 Å². The molecule has 7 nitrogen and oxygen atoms in total. The minimum Gasteiger partial charge on any atom is -0.410 e. The fourth-order valence-corrected chi connectivity index (χ4v) is 2.34. The van der Waals surface area contributed by atoms with E-state index in [0.717, 1.165) is 5.69 Å². The Bertz CT molecular complexity index is 974. The van der Waals surface area contributed by atoms with Gasteiger partial charge in [-0.3, -0.25) is 4.79 Å². The summed E-state index contributed by atoms with van der Waals surface area (Å²) in [7, 11) is 0. The summed E-state index contributed by atoms with van der Waals surface area (Å²) in [6.07, 6.45) is -0.699. The Morgan fingerprint density at radius 2 is 1.34 bits per heavy atom. The van der Waals surface area contributed by atoms with Crippen LogP contribution < -0.4 is 15.4 Å². The Balaban J connectivity index is 1.50. The molecule has 0 aliphatic rings. The third kappa shape index (κ3) is 6.28. The fraction of sp³-hybridized carbons (Fsp3) is 0.0909. The number of ether oxygens (including phenoxy) is 1. The van der Waals surface area contributed by atoms with Crippen molar-refractivity contribution in [3.05, 3.63) is 84.9 Å². The van der Waals surface area contributed by atoms with E-state index in [0.29, 0.717) is 17.1 Å². The molecule has 0 heterocycles. The molecular formula is C22H20N4O3. The number of nitrogens with one attached hydrogen (secondary N) is 2. The van der Waals surface area contributed by atoms with E-state index < -0.39 is 12.1 Å². The molecule has 2 amide bonds. The van der Waals surface area contributed by atoms with Gasteiger partial charge >= 0.3 is 6.09 Å². The van der Waals surface area contributed by atoms with E-state index in [-0.39, 0.29) is 5.91 Å². The summed E-state index contributed by atoms with van der Waals surface area (Å²) in [5.41, 5.74) is 2.00. The van der Waals surface area contributed by atoms with E-state index in [2.05, 4.69) is 20.9 Å². The van der Waals surface area contributed by atoms with Crippen LogP contribution in [0.3, 0.4) is 0 Å². The topological polar surface area (TPSA) is 92.1 Å². The summed E-state index contributed by atoms with van der Waals surface area (Å²) in [5, 5.41) is 13.5. The maximum absolute atomic E-state index is 12.3. The predicted octanol–water partition coefficient (Wildman–Crippen LogP) is 5.22. The Kier molecular flexibility index (Phi) is 6.67. The van der Waals surface area contributed by atoms with Crippen LogP contribution in [0.5, 0.6) is 5.75 Å². The normalized spacial score (nSPS) is 11.6. The van der Waals surface area contributed by atoms with E-state index in [4.69, 9.17) is 4.74 Å². The van der Waals surface area contributed by atoms with Gasteiger partial charge in [-0.1, -0.05) is 36.4 Å². The lowest BCUT2D eigenvalue weighted by molar-refractivity contribution is -0.117. The minimum atomic E-state index is -0.774. The van der Waals surface area contributed by atoms with Crippen LogP contribution in [0.1, 0.15) is 6.92 Å². The Labute approximate surface area is 168 Å². The van der Waals surface area contributed by atoms with Gasteiger partial charge in [-0.05, 0) is 55.5 Å². The first-order chi connectivity index (χ1) is 14.1. The van der Waals surface area contributed by atoms with Gasteiger partial charge < -0.3 is 15.4 Å². The van der Waals surface area contributed by atoms with E-state index >= 15 is 0 Å². The molecule has 0 radical (unpaired) electrons. The molecule has 0 fully saturated rings. The van der Waals surface area contributed by atoms with Gasteiger partial charge in [-0.25, -0.2) is 4.79 Å². The SMILES string of the molecule is C[C@H](NC(=O)Oc1ccccc1)C(=O)Nc1ccc(N=Nc2ccccc2)cc1. The number of amides is 2. The Morgan fingerprint density at radius 1 is 0.793 bits per heavy atom. The number of azo groups is 1. The van der Waals surface area contributed by atoms with Gasteiger partial charge in [0.05, 0.1) is 11.4 Å². The lowest BCUT2D eigenvalue weighted by atomic mass is 10.2. The zero-order valence-electron chi connectivity index (χ0n) is 15.8. The summed E-state index contributed by atoms with van der Waals surface area (Å²) in [6, 6.07) is 24.2. The molecule has 29 heavy (non-hydrogen) atoms. The molecular weight excluding hydrogens is 368 g/mol. The van der Waals surface area contributed by atoms with Crippen molar-refractivity contribution in [3.63, 3.8) is 0 Å². The van der Waals surface area contributed by atoms with Crippen molar-refractivity contribution in [1.82, 2.24) is 5.32 Å². The number of anilines is 1. The lowest BCUT2D eigenvalue weighted by Crippen LogP contribution is -2.42. The van der Waals surface area contributed by atoms with Gasteiger partial charge in [0.1, 0.15) is 11.8 Å². The highest BCUT2D eigenvalue weighted by atomic mass is 16.6. The molecule has 0 saturated heterocycles. The van der Waals surface area contributed by atoms with Crippen molar-refractivity contribution in [1.29, 1.82) is 0 Å². The van der Waals surface area contributed by atoms with E-state index in [1.54, 1.807) is 55.5 Å². The molecule has 1 atom stereocenters. The van der Waals surface area contributed by atoms with Gasteiger partial charge in [-0.15, -0.1) is 0 Å². The van der Waals surface area contributed by atoms with Gasteiger partial charge in [0.15, 0.2) is 0 Å². The number of carbonyl (C=O) groups is 2.